The number of rotatable bonds is 5. The number of nitrogens with one attached hydrogen (secondary N) is 1. The molecule has 0 saturated carbocycles. The highest BCUT2D eigenvalue weighted by Gasteiger charge is 2.17. The zero-order chi connectivity index (χ0) is 12.2. The Morgan fingerprint density at radius 1 is 1.69 bits per heavy atom. The number of anilines is 1. The van der Waals surface area contributed by atoms with Crippen molar-refractivity contribution in [2.45, 2.75) is 25.1 Å². The van der Waals surface area contributed by atoms with Gasteiger partial charge in [-0.05, 0) is 20.1 Å². The molecule has 1 aromatic heterocycles. The molecule has 16 heavy (non-hydrogen) atoms. The molecule has 0 atom stereocenters. The molecule has 0 aliphatic carbocycles. The smallest absolute Gasteiger partial charge is 0.241 e. The van der Waals surface area contributed by atoms with Gasteiger partial charge in [-0.15, -0.1) is 5.10 Å². The summed E-state index contributed by atoms with van der Waals surface area (Å²) in [6.07, 6.45) is 3.46. The fraction of sp³-hybridized carbons (Fsp3) is 0.667. The average Bonchev–Trinajstić information content (AvgIpc) is 2.61. The number of aromatic nitrogens is 3. The highest BCUT2D eigenvalue weighted by molar-refractivity contribution is 7.99. The van der Waals surface area contributed by atoms with Crippen LogP contribution in [-0.2, 0) is 11.3 Å². The largest absolute Gasteiger partial charge is 0.367 e. The van der Waals surface area contributed by atoms with Gasteiger partial charge >= 0.3 is 0 Å². The van der Waals surface area contributed by atoms with Crippen molar-refractivity contribution in [2.24, 2.45) is 0 Å². The number of hydrogen-bond acceptors (Lipinski definition) is 5. The third-order valence-corrected chi connectivity index (χ3v) is 3.37. The lowest BCUT2D eigenvalue weighted by molar-refractivity contribution is -0.121. The van der Waals surface area contributed by atoms with Crippen LogP contribution in [0, 0.1) is 0 Å². The first-order valence-corrected chi connectivity index (χ1v) is 6.12. The molecule has 0 bridgehead atoms. The molecule has 0 aromatic carbocycles. The van der Waals surface area contributed by atoms with E-state index in [1.54, 1.807) is 11.8 Å². The van der Waals surface area contributed by atoms with Crippen molar-refractivity contribution in [3.63, 3.8) is 0 Å². The van der Waals surface area contributed by atoms with E-state index in [1.165, 1.54) is 11.0 Å². The van der Waals surface area contributed by atoms with Crippen LogP contribution in [0.1, 0.15) is 13.8 Å². The van der Waals surface area contributed by atoms with Crippen LogP contribution in [-0.4, -0.2) is 38.2 Å². The molecule has 0 aliphatic heterocycles. The molecule has 6 nitrogen and oxygen atoms in total. The fourth-order valence-corrected chi connectivity index (χ4v) is 1.19. The lowest BCUT2D eigenvalue weighted by atomic mass is 10.2. The van der Waals surface area contributed by atoms with Crippen molar-refractivity contribution in [1.82, 2.24) is 20.1 Å². The van der Waals surface area contributed by atoms with Crippen molar-refractivity contribution in [1.29, 1.82) is 0 Å². The molecule has 1 aromatic rings. The summed E-state index contributed by atoms with van der Waals surface area (Å²) in [5, 5.41) is 6.67. The molecule has 1 heterocycles. The van der Waals surface area contributed by atoms with E-state index in [0.29, 0.717) is 6.54 Å². The lowest BCUT2D eigenvalue weighted by Crippen LogP contribution is -2.37. The summed E-state index contributed by atoms with van der Waals surface area (Å²) in [4.78, 5) is 15.3. The van der Waals surface area contributed by atoms with Crippen LogP contribution in [0.5, 0.6) is 0 Å². The van der Waals surface area contributed by atoms with E-state index >= 15 is 0 Å². The minimum atomic E-state index is -0.0907. The highest BCUT2D eigenvalue weighted by Crippen LogP contribution is 2.19. The van der Waals surface area contributed by atoms with Crippen molar-refractivity contribution in [3.8, 4) is 0 Å². The fourth-order valence-electron chi connectivity index (χ4n) is 0.972. The van der Waals surface area contributed by atoms with Gasteiger partial charge in [0, 0.05) is 11.3 Å². The number of nitrogens with two attached hydrogens (primary N) is 1. The molecular weight excluding hydrogens is 226 g/mol. The van der Waals surface area contributed by atoms with Crippen molar-refractivity contribution < 1.29 is 4.79 Å². The Kier molecular flexibility index (Phi) is 4.17. The third-order valence-electron chi connectivity index (χ3n) is 2.12. The van der Waals surface area contributed by atoms with E-state index < -0.39 is 0 Å². The SMILES string of the molecule is CSC(C)(C)CNC(=O)Cn1cnc(N)n1. The van der Waals surface area contributed by atoms with Gasteiger partial charge in [0.05, 0.1) is 0 Å². The molecule has 0 unspecified atom stereocenters. The normalized spacial score (nSPS) is 11.4. The molecule has 0 aliphatic rings. The van der Waals surface area contributed by atoms with Crippen LogP contribution in [0.15, 0.2) is 6.33 Å². The monoisotopic (exact) mass is 243 g/mol. The van der Waals surface area contributed by atoms with Gasteiger partial charge in [0.1, 0.15) is 12.9 Å². The molecule has 7 heteroatoms. The topological polar surface area (TPSA) is 85.8 Å². The van der Waals surface area contributed by atoms with Crippen LogP contribution >= 0.6 is 11.8 Å². The van der Waals surface area contributed by atoms with E-state index in [0.717, 1.165) is 0 Å². The van der Waals surface area contributed by atoms with Crippen molar-refractivity contribution in [2.75, 3.05) is 18.5 Å². The van der Waals surface area contributed by atoms with Crippen LogP contribution in [0.4, 0.5) is 5.95 Å². The predicted molar refractivity (Wildman–Crippen MR) is 65.0 cm³/mol. The summed E-state index contributed by atoms with van der Waals surface area (Å²) < 4.78 is 1.45. The Morgan fingerprint density at radius 3 is 2.88 bits per heavy atom. The van der Waals surface area contributed by atoms with Gasteiger partial charge in [-0.1, -0.05) is 0 Å². The maximum atomic E-state index is 11.5. The molecular formula is C9H17N5OS. The summed E-state index contributed by atoms with van der Waals surface area (Å²) in [6.45, 7) is 4.92. The zero-order valence-electron chi connectivity index (χ0n) is 9.73. The lowest BCUT2D eigenvalue weighted by Gasteiger charge is -2.22. The average molecular weight is 243 g/mol. The zero-order valence-corrected chi connectivity index (χ0v) is 10.5. The van der Waals surface area contributed by atoms with Gasteiger partial charge < -0.3 is 11.1 Å². The molecule has 0 spiro atoms. The van der Waals surface area contributed by atoms with Gasteiger partial charge in [-0.25, -0.2) is 9.67 Å². The minimum Gasteiger partial charge on any atom is -0.367 e. The van der Waals surface area contributed by atoms with Crippen molar-refractivity contribution in [3.05, 3.63) is 6.33 Å². The minimum absolute atomic E-state index is 0.0387. The molecule has 90 valence electrons. The Balaban J connectivity index is 2.37. The molecule has 1 rings (SSSR count). The van der Waals surface area contributed by atoms with Gasteiger partial charge in [0.2, 0.25) is 11.9 Å². The molecule has 3 N–H and O–H groups in total. The van der Waals surface area contributed by atoms with E-state index in [2.05, 4.69) is 29.2 Å². The Morgan fingerprint density at radius 2 is 2.38 bits per heavy atom. The first-order chi connectivity index (χ1) is 7.43. The summed E-state index contributed by atoms with van der Waals surface area (Å²) in [7, 11) is 0. The second-order valence-corrected chi connectivity index (χ2v) is 5.55. The van der Waals surface area contributed by atoms with Gasteiger partial charge in [-0.3, -0.25) is 4.79 Å². The number of amides is 1. The number of carbonyl (C=O) groups excluding carboxylic acids is 1. The molecule has 1 amide bonds. The van der Waals surface area contributed by atoms with E-state index in [4.69, 9.17) is 5.73 Å². The third kappa shape index (κ3) is 4.09. The molecule has 0 radical (unpaired) electrons. The maximum Gasteiger partial charge on any atom is 0.241 e. The second-order valence-electron chi connectivity index (χ2n) is 4.04. The number of carbonyl (C=O) groups is 1. The Hall–Kier alpha value is -1.24. The van der Waals surface area contributed by atoms with E-state index in [9.17, 15) is 4.79 Å². The van der Waals surface area contributed by atoms with Crippen LogP contribution < -0.4 is 11.1 Å². The molecule has 0 fully saturated rings. The summed E-state index contributed by atoms with van der Waals surface area (Å²) in [5.74, 6) is 0.0873. The van der Waals surface area contributed by atoms with Crippen molar-refractivity contribution >= 4 is 23.6 Å². The molecule has 0 saturated heterocycles. The number of nitrogens with zero attached hydrogens (tertiary/aromatic N) is 3. The maximum absolute atomic E-state index is 11.5. The van der Waals surface area contributed by atoms with Crippen LogP contribution in [0.2, 0.25) is 0 Å². The predicted octanol–water partition coefficient (Wildman–Crippen LogP) is 0.118. The summed E-state index contributed by atoms with van der Waals surface area (Å²) in [6, 6.07) is 0. The standard InChI is InChI=1S/C9H17N5OS/c1-9(2,16-3)5-11-7(15)4-14-6-12-8(10)13-14/h6H,4-5H2,1-3H3,(H2,10,13)(H,11,15). The number of nitrogen functional groups attached to an aromatic ring is 1. The Labute approximate surface area is 99.0 Å². The number of thioether (sulfide) groups is 1. The second kappa shape index (κ2) is 5.20. The Bertz CT molecular complexity index is 363. The van der Waals surface area contributed by atoms with Crippen LogP contribution in [0.3, 0.4) is 0 Å². The van der Waals surface area contributed by atoms with Crippen LogP contribution in [0.25, 0.3) is 0 Å². The first-order valence-electron chi connectivity index (χ1n) is 4.90. The summed E-state index contributed by atoms with van der Waals surface area (Å²) >= 11 is 1.71. The number of hydrogen-bond donors (Lipinski definition) is 2. The first kappa shape index (κ1) is 12.8. The highest BCUT2D eigenvalue weighted by atomic mass is 32.2. The van der Waals surface area contributed by atoms with E-state index in [-0.39, 0.29) is 23.1 Å². The van der Waals surface area contributed by atoms with Gasteiger partial charge in [0.15, 0.2) is 0 Å². The van der Waals surface area contributed by atoms with Gasteiger partial charge in [0.25, 0.3) is 0 Å². The quantitative estimate of drug-likeness (QED) is 0.767. The van der Waals surface area contributed by atoms with Gasteiger partial charge in [-0.2, -0.15) is 11.8 Å². The van der Waals surface area contributed by atoms with E-state index in [1.807, 2.05) is 6.26 Å². The summed E-state index contributed by atoms with van der Waals surface area (Å²) in [5.41, 5.74) is 5.34.